The Morgan fingerprint density at radius 2 is 1.59 bits per heavy atom. The second kappa shape index (κ2) is 8.44. The van der Waals surface area contributed by atoms with Crippen molar-refractivity contribution in [3.05, 3.63) is 96.0 Å². The van der Waals surface area contributed by atoms with Gasteiger partial charge in [-0.3, -0.25) is 14.5 Å². The fourth-order valence-corrected chi connectivity index (χ4v) is 4.24. The third-order valence-corrected chi connectivity index (χ3v) is 5.89. The Morgan fingerprint density at radius 1 is 0.882 bits per heavy atom. The molecule has 1 atom stereocenters. The SMILES string of the molecule is COc1cc(OC)cc(N2C(=O)C(=O)/C(=C(\O)c3ccc4ccccc4c3)C2c2ccco2)c1. The number of aliphatic hydroxyl groups is 1. The van der Waals surface area contributed by atoms with Crippen molar-refractivity contribution in [1.82, 2.24) is 0 Å². The van der Waals surface area contributed by atoms with Crippen LogP contribution in [0.2, 0.25) is 0 Å². The lowest BCUT2D eigenvalue weighted by molar-refractivity contribution is -0.132. The molecule has 170 valence electrons. The largest absolute Gasteiger partial charge is 0.507 e. The monoisotopic (exact) mass is 455 g/mol. The number of furan rings is 1. The van der Waals surface area contributed by atoms with Gasteiger partial charge in [-0.25, -0.2) is 0 Å². The Balaban J connectivity index is 1.71. The fraction of sp³-hybridized carbons (Fsp3) is 0.111. The molecule has 1 unspecified atom stereocenters. The molecule has 0 bridgehead atoms. The molecule has 0 saturated carbocycles. The van der Waals surface area contributed by atoms with Gasteiger partial charge >= 0.3 is 0 Å². The van der Waals surface area contributed by atoms with Crippen molar-refractivity contribution in [2.45, 2.75) is 6.04 Å². The molecule has 4 aromatic rings. The highest BCUT2D eigenvalue weighted by Gasteiger charge is 2.48. The van der Waals surface area contributed by atoms with E-state index in [0.29, 0.717) is 28.5 Å². The van der Waals surface area contributed by atoms with Crippen molar-refractivity contribution in [2.24, 2.45) is 0 Å². The molecule has 1 aliphatic rings. The molecule has 1 aliphatic heterocycles. The number of Topliss-reactive ketones (excluding diaryl/α,β-unsaturated/α-hetero) is 1. The van der Waals surface area contributed by atoms with Crippen LogP contribution in [0.25, 0.3) is 16.5 Å². The summed E-state index contributed by atoms with van der Waals surface area (Å²) in [7, 11) is 2.99. The van der Waals surface area contributed by atoms with E-state index < -0.39 is 17.7 Å². The molecule has 3 aromatic carbocycles. The van der Waals surface area contributed by atoms with E-state index in [1.54, 1.807) is 42.5 Å². The maximum atomic E-state index is 13.3. The number of methoxy groups -OCH3 is 2. The van der Waals surface area contributed by atoms with E-state index in [0.717, 1.165) is 10.8 Å². The molecule has 7 nitrogen and oxygen atoms in total. The lowest BCUT2D eigenvalue weighted by Crippen LogP contribution is -2.29. The minimum Gasteiger partial charge on any atom is -0.507 e. The average molecular weight is 455 g/mol. The molecule has 1 aromatic heterocycles. The summed E-state index contributed by atoms with van der Waals surface area (Å²) < 4.78 is 16.3. The molecule has 0 radical (unpaired) electrons. The second-order valence-electron chi connectivity index (χ2n) is 7.82. The van der Waals surface area contributed by atoms with Gasteiger partial charge in [0.05, 0.1) is 31.7 Å². The van der Waals surface area contributed by atoms with Crippen molar-refractivity contribution in [1.29, 1.82) is 0 Å². The van der Waals surface area contributed by atoms with Crippen LogP contribution >= 0.6 is 0 Å². The summed E-state index contributed by atoms with van der Waals surface area (Å²) in [5.74, 6) is -0.646. The van der Waals surface area contributed by atoms with Crippen molar-refractivity contribution in [2.75, 3.05) is 19.1 Å². The van der Waals surface area contributed by atoms with Gasteiger partial charge in [0.2, 0.25) is 0 Å². The predicted octanol–water partition coefficient (Wildman–Crippen LogP) is 5.08. The van der Waals surface area contributed by atoms with E-state index in [9.17, 15) is 14.7 Å². The number of hydrogen-bond donors (Lipinski definition) is 1. The molecule has 1 N–H and O–H groups in total. The van der Waals surface area contributed by atoms with Crippen LogP contribution in [0, 0.1) is 0 Å². The second-order valence-corrected chi connectivity index (χ2v) is 7.82. The number of fused-ring (bicyclic) bond motifs is 1. The molecule has 1 saturated heterocycles. The number of hydrogen-bond acceptors (Lipinski definition) is 6. The van der Waals surface area contributed by atoms with Crippen LogP contribution in [0.1, 0.15) is 17.4 Å². The molecule has 1 amide bonds. The summed E-state index contributed by atoms with van der Waals surface area (Å²) in [6.07, 6.45) is 1.46. The summed E-state index contributed by atoms with van der Waals surface area (Å²) in [6.45, 7) is 0. The van der Waals surface area contributed by atoms with Crippen LogP contribution in [-0.2, 0) is 9.59 Å². The van der Waals surface area contributed by atoms with Crippen LogP contribution in [-0.4, -0.2) is 31.0 Å². The Kier molecular flexibility index (Phi) is 5.30. The van der Waals surface area contributed by atoms with Gasteiger partial charge in [0.25, 0.3) is 11.7 Å². The maximum Gasteiger partial charge on any atom is 0.300 e. The standard InChI is InChI=1S/C27H21NO6/c1-32-20-13-19(14-21(15-20)33-2)28-24(22-8-5-11-34-22)23(26(30)27(28)31)25(29)18-10-9-16-6-3-4-7-17(16)12-18/h3-15,24,29H,1-2H3/b25-23-. The number of amides is 1. The van der Waals surface area contributed by atoms with Gasteiger partial charge in [-0.2, -0.15) is 0 Å². The molecule has 5 rings (SSSR count). The van der Waals surface area contributed by atoms with E-state index >= 15 is 0 Å². The zero-order chi connectivity index (χ0) is 23.8. The van der Waals surface area contributed by atoms with Gasteiger partial charge in [-0.15, -0.1) is 0 Å². The first kappa shape index (κ1) is 21.3. The van der Waals surface area contributed by atoms with Crippen LogP contribution in [0.15, 0.2) is 89.0 Å². The minimum atomic E-state index is -0.974. The highest BCUT2D eigenvalue weighted by atomic mass is 16.5. The molecule has 0 aliphatic carbocycles. The number of nitrogens with zero attached hydrogens (tertiary/aromatic N) is 1. The number of ketones is 1. The van der Waals surface area contributed by atoms with Crippen LogP contribution in [0.4, 0.5) is 5.69 Å². The van der Waals surface area contributed by atoms with E-state index in [4.69, 9.17) is 13.9 Å². The number of carbonyl (C=O) groups is 2. The van der Waals surface area contributed by atoms with Crippen molar-refractivity contribution in [3.63, 3.8) is 0 Å². The Hall–Kier alpha value is -4.52. The predicted molar refractivity (Wildman–Crippen MR) is 127 cm³/mol. The molecule has 0 spiro atoms. The maximum absolute atomic E-state index is 13.3. The number of rotatable bonds is 5. The third-order valence-electron chi connectivity index (χ3n) is 5.89. The number of carbonyl (C=O) groups excluding carboxylic acids is 2. The molecule has 7 heteroatoms. The van der Waals surface area contributed by atoms with Crippen LogP contribution in [0.5, 0.6) is 11.5 Å². The lowest BCUT2D eigenvalue weighted by Gasteiger charge is -2.24. The first-order valence-corrected chi connectivity index (χ1v) is 10.6. The van der Waals surface area contributed by atoms with Crippen LogP contribution in [0.3, 0.4) is 0 Å². The van der Waals surface area contributed by atoms with E-state index in [1.165, 1.54) is 25.4 Å². The quantitative estimate of drug-likeness (QED) is 0.257. The van der Waals surface area contributed by atoms with E-state index in [2.05, 4.69) is 0 Å². The van der Waals surface area contributed by atoms with Gasteiger partial charge in [0, 0.05) is 23.8 Å². The molecule has 34 heavy (non-hydrogen) atoms. The molecular formula is C27H21NO6. The summed E-state index contributed by atoms with van der Waals surface area (Å²) in [5.41, 5.74) is 0.741. The summed E-state index contributed by atoms with van der Waals surface area (Å²) in [6, 6.07) is 20.3. The zero-order valence-electron chi connectivity index (χ0n) is 18.5. The molecular weight excluding hydrogens is 434 g/mol. The van der Waals surface area contributed by atoms with Gasteiger partial charge in [-0.1, -0.05) is 36.4 Å². The number of benzene rings is 3. The summed E-state index contributed by atoms with van der Waals surface area (Å²) in [5, 5.41) is 13.2. The number of aliphatic hydroxyl groups excluding tert-OH is 1. The Bertz CT molecular complexity index is 1410. The van der Waals surface area contributed by atoms with Gasteiger partial charge in [0.1, 0.15) is 29.1 Å². The highest BCUT2D eigenvalue weighted by molar-refractivity contribution is 6.51. The van der Waals surface area contributed by atoms with Gasteiger partial charge in [-0.05, 0) is 29.0 Å². The van der Waals surface area contributed by atoms with Crippen molar-refractivity contribution >= 4 is 33.9 Å². The first-order valence-electron chi connectivity index (χ1n) is 10.6. The smallest absolute Gasteiger partial charge is 0.300 e. The third kappa shape index (κ3) is 3.47. The number of anilines is 1. The minimum absolute atomic E-state index is 0.0583. The van der Waals surface area contributed by atoms with Crippen molar-refractivity contribution < 1.29 is 28.6 Å². The van der Waals surface area contributed by atoms with E-state index in [-0.39, 0.29) is 11.3 Å². The number of ether oxygens (including phenoxy) is 2. The van der Waals surface area contributed by atoms with Gasteiger partial charge < -0.3 is 19.0 Å². The topological polar surface area (TPSA) is 89.2 Å². The van der Waals surface area contributed by atoms with Gasteiger partial charge in [0.15, 0.2) is 0 Å². The zero-order valence-corrected chi connectivity index (χ0v) is 18.5. The Labute approximate surface area is 195 Å². The highest BCUT2D eigenvalue weighted by Crippen LogP contribution is 2.44. The average Bonchev–Trinajstić information content (AvgIpc) is 3.49. The fourth-order valence-electron chi connectivity index (χ4n) is 4.24. The summed E-state index contributed by atoms with van der Waals surface area (Å²) >= 11 is 0. The molecule has 1 fully saturated rings. The Morgan fingerprint density at radius 3 is 2.24 bits per heavy atom. The summed E-state index contributed by atoms with van der Waals surface area (Å²) in [4.78, 5) is 27.8. The lowest BCUT2D eigenvalue weighted by atomic mass is 9.97. The van der Waals surface area contributed by atoms with E-state index in [1.807, 2.05) is 30.3 Å². The van der Waals surface area contributed by atoms with Crippen LogP contribution < -0.4 is 14.4 Å². The molecule has 2 heterocycles. The normalized spacial score (nSPS) is 17.4. The first-order chi connectivity index (χ1) is 16.5. The van der Waals surface area contributed by atoms with Crippen molar-refractivity contribution in [3.8, 4) is 11.5 Å².